The second-order valence-corrected chi connectivity index (χ2v) is 7.52. The summed E-state index contributed by atoms with van der Waals surface area (Å²) in [5.41, 5.74) is 5.73. The molecule has 0 aromatic rings. The highest BCUT2D eigenvalue weighted by Gasteiger charge is 2.51. The largest absolute Gasteiger partial charge is 0.444 e. The Labute approximate surface area is 123 Å². The zero-order valence-corrected chi connectivity index (χ0v) is 13.3. The zero-order chi connectivity index (χ0) is 14.8. The van der Waals surface area contributed by atoms with Crippen LogP contribution in [0, 0.1) is 11.3 Å². The number of rotatable bonds is 4. The Morgan fingerprint density at radius 1 is 1.30 bits per heavy atom. The summed E-state index contributed by atoms with van der Waals surface area (Å²) >= 11 is 0. The van der Waals surface area contributed by atoms with Crippen molar-refractivity contribution in [1.29, 1.82) is 0 Å². The third-order valence-corrected chi connectivity index (χ3v) is 4.74. The average molecular weight is 282 g/mol. The summed E-state index contributed by atoms with van der Waals surface area (Å²) < 4.78 is 5.51. The number of nitrogens with two attached hydrogens (primary N) is 1. The third-order valence-electron chi connectivity index (χ3n) is 4.74. The summed E-state index contributed by atoms with van der Waals surface area (Å²) in [6, 6.07) is 0. The van der Waals surface area contributed by atoms with Gasteiger partial charge in [-0.2, -0.15) is 0 Å². The van der Waals surface area contributed by atoms with E-state index in [0.717, 1.165) is 32.5 Å². The van der Waals surface area contributed by atoms with Gasteiger partial charge in [0.25, 0.3) is 0 Å². The van der Waals surface area contributed by atoms with E-state index in [-0.39, 0.29) is 6.09 Å². The summed E-state index contributed by atoms with van der Waals surface area (Å²) in [6.45, 7) is 8.29. The molecule has 1 saturated carbocycles. The van der Waals surface area contributed by atoms with E-state index in [2.05, 4.69) is 0 Å². The molecule has 1 spiro atoms. The Hall–Kier alpha value is -0.770. The number of hydrogen-bond acceptors (Lipinski definition) is 3. The van der Waals surface area contributed by atoms with Gasteiger partial charge in [0.15, 0.2) is 0 Å². The number of piperidine rings is 1. The van der Waals surface area contributed by atoms with Crippen molar-refractivity contribution >= 4 is 6.09 Å². The fourth-order valence-corrected chi connectivity index (χ4v) is 3.36. The lowest BCUT2D eigenvalue weighted by Crippen LogP contribution is -2.46. The molecule has 0 aromatic carbocycles. The first kappa shape index (κ1) is 15.6. The molecule has 2 rings (SSSR count). The minimum Gasteiger partial charge on any atom is -0.444 e. The topological polar surface area (TPSA) is 55.6 Å². The standard InChI is InChI=1S/C16H30N2O2/c1-15(2,3)20-14(19)18-11-9-16(7-8-16)13(12-18)6-4-5-10-17/h13H,4-12,17H2,1-3H3. The minimum atomic E-state index is -0.402. The van der Waals surface area contributed by atoms with Gasteiger partial charge in [0, 0.05) is 13.1 Å². The normalized spacial score (nSPS) is 24.8. The molecular formula is C16H30N2O2. The molecule has 0 radical (unpaired) electrons. The maximum atomic E-state index is 12.2. The lowest BCUT2D eigenvalue weighted by Gasteiger charge is -2.39. The second kappa shape index (κ2) is 5.92. The van der Waals surface area contributed by atoms with E-state index in [4.69, 9.17) is 10.5 Å². The van der Waals surface area contributed by atoms with Crippen LogP contribution in [0.25, 0.3) is 0 Å². The van der Waals surface area contributed by atoms with E-state index in [1.165, 1.54) is 25.7 Å². The van der Waals surface area contributed by atoms with Crippen molar-refractivity contribution < 1.29 is 9.53 Å². The molecule has 1 heterocycles. The Morgan fingerprint density at radius 2 is 2.00 bits per heavy atom. The van der Waals surface area contributed by atoms with Crippen molar-refractivity contribution in [2.24, 2.45) is 17.1 Å². The highest BCUT2D eigenvalue weighted by Crippen LogP contribution is 2.58. The molecule has 0 aromatic heterocycles. The first-order valence-corrected chi connectivity index (χ1v) is 8.04. The predicted octanol–water partition coefficient (Wildman–Crippen LogP) is 3.15. The van der Waals surface area contributed by atoms with Gasteiger partial charge in [-0.15, -0.1) is 0 Å². The first-order chi connectivity index (χ1) is 9.36. The fraction of sp³-hybridized carbons (Fsp3) is 0.938. The first-order valence-electron chi connectivity index (χ1n) is 8.04. The van der Waals surface area contributed by atoms with Crippen LogP contribution in [0.5, 0.6) is 0 Å². The number of nitrogens with zero attached hydrogens (tertiary/aromatic N) is 1. The maximum Gasteiger partial charge on any atom is 0.410 e. The molecule has 2 N–H and O–H groups in total. The smallest absolute Gasteiger partial charge is 0.410 e. The molecule has 4 nitrogen and oxygen atoms in total. The molecule has 2 aliphatic rings. The van der Waals surface area contributed by atoms with Gasteiger partial charge in [-0.3, -0.25) is 0 Å². The van der Waals surface area contributed by atoms with Gasteiger partial charge >= 0.3 is 6.09 Å². The van der Waals surface area contributed by atoms with Crippen LogP contribution in [-0.4, -0.2) is 36.2 Å². The molecule has 20 heavy (non-hydrogen) atoms. The molecule has 116 valence electrons. The minimum absolute atomic E-state index is 0.142. The monoisotopic (exact) mass is 282 g/mol. The second-order valence-electron chi connectivity index (χ2n) is 7.52. The van der Waals surface area contributed by atoms with Crippen LogP contribution in [0.1, 0.15) is 59.3 Å². The van der Waals surface area contributed by atoms with Crippen LogP contribution in [0.15, 0.2) is 0 Å². The van der Waals surface area contributed by atoms with Crippen molar-refractivity contribution in [3.05, 3.63) is 0 Å². The van der Waals surface area contributed by atoms with E-state index in [0.29, 0.717) is 11.3 Å². The van der Waals surface area contributed by atoms with Gasteiger partial charge in [-0.25, -0.2) is 4.79 Å². The van der Waals surface area contributed by atoms with E-state index in [1.54, 1.807) is 0 Å². The third kappa shape index (κ3) is 3.87. The van der Waals surface area contributed by atoms with Crippen LogP contribution in [0.4, 0.5) is 4.79 Å². The zero-order valence-electron chi connectivity index (χ0n) is 13.3. The van der Waals surface area contributed by atoms with Gasteiger partial charge in [0.05, 0.1) is 0 Å². The highest BCUT2D eigenvalue weighted by atomic mass is 16.6. The van der Waals surface area contributed by atoms with Crippen molar-refractivity contribution in [3.8, 4) is 0 Å². The van der Waals surface area contributed by atoms with Crippen LogP contribution in [0.3, 0.4) is 0 Å². The molecule has 1 atom stereocenters. The molecule has 1 aliphatic heterocycles. The Bertz CT molecular complexity index is 345. The Kier molecular flexibility index (Phi) is 4.62. The predicted molar refractivity (Wildman–Crippen MR) is 80.5 cm³/mol. The fourth-order valence-electron chi connectivity index (χ4n) is 3.36. The average Bonchev–Trinajstić information content (AvgIpc) is 3.10. The number of amides is 1. The molecular weight excluding hydrogens is 252 g/mol. The van der Waals surface area contributed by atoms with Crippen LogP contribution in [0.2, 0.25) is 0 Å². The Morgan fingerprint density at radius 3 is 2.55 bits per heavy atom. The van der Waals surface area contributed by atoms with Crippen molar-refractivity contribution in [3.63, 3.8) is 0 Å². The van der Waals surface area contributed by atoms with Gasteiger partial charge in [-0.05, 0) is 70.8 Å². The summed E-state index contributed by atoms with van der Waals surface area (Å²) in [5, 5.41) is 0. The van der Waals surface area contributed by atoms with Gasteiger partial charge in [-0.1, -0.05) is 6.42 Å². The molecule has 2 fully saturated rings. The highest BCUT2D eigenvalue weighted by molar-refractivity contribution is 5.68. The quantitative estimate of drug-likeness (QED) is 0.806. The van der Waals surface area contributed by atoms with E-state index in [1.807, 2.05) is 25.7 Å². The summed E-state index contributed by atoms with van der Waals surface area (Å²) in [4.78, 5) is 14.1. The van der Waals surface area contributed by atoms with Crippen LogP contribution < -0.4 is 5.73 Å². The summed E-state index contributed by atoms with van der Waals surface area (Å²) in [7, 11) is 0. The number of ether oxygens (including phenoxy) is 1. The number of carbonyl (C=O) groups is 1. The SMILES string of the molecule is CC(C)(C)OC(=O)N1CCC2(CC2)C(CCCCN)C1. The number of likely N-dealkylation sites (tertiary alicyclic amines) is 1. The maximum absolute atomic E-state index is 12.2. The molecule has 1 aliphatic carbocycles. The van der Waals surface area contributed by atoms with Crippen molar-refractivity contribution in [2.75, 3.05) is 19.6 Å². The molecule has 1 unspecified atom stereocenters. The molecule has 1 amide bonds. The molecule has 0 bridgehead atoms. The molecule has 4 heteroatoms. The van der Waals surface area contributed by atoms with E-state index in [9.17, 15) is 4.79 Å². The van der Waals surface area contributed by atoms with Gasteiger partial charge in [0.2, 0.25) is 0 Å². The summed E-state index contributed by atoms with van der Waals surface area (Å²) in [6.07, 6.45) is 7.20. The summed E-state index contributed by atoms with van der Waals surface area (Å²) in [5.74, 6) is 0.648. The number of carbonyl (C=O) groups excluding carboxylic acids is 1. The van der Waals surface area contributed by atoms with Crippen LogP contribution >= 0.6 is 0 Å². The van der Waals surface area contributed by atoms with Gasteiger partial charge < -0.3 is 15.4 Å². The van der Waals surface area contributed by atoms with E-state index >= 15 is 0 Å². The van der Waals surface area contributed by atoms with E-state index < -0.39 is 5.60 Å². The number of unbranched alkanes of at least 4 members (excludes halogenated alkanes) is 1. The van der Waals surface area contributed by atoms with Gasteiger partial charge in [0.1, 0.15) is 5.60 Å². The Balaban J connectivity index is 1.89. The number of hydrogen-bond donors (Lipinski definition) is 1. The van der Waals surface area contributed by atoms with Crippen LogP contribution in [-0.2, 0) is 4.74 Å². The lowest BCUT2D eigenvalue weighted by atomic mass is 9.79. The van der Waals surface area contributed by atoms with Crippen molar-refractivity contribution in [2.45, 2.75) is 64.9 Å². The van der Waals surface area contributed by atoms with Crippen molar-refractivity contribution in [1.82, 2.24) is 4.90 Å². The lowest BCUT2D eigenvalue weighted by molar-refractivity contribution is 0.00656. The molecule has 1 saturated heterocycles.